The summed E-state index contributed by atoms with van der Waals surface area (Å²) < 4.78 is 0. The molecular weight excluding hydrogens is 388 g/mol. The predicted octanol–water partition coefficient (Wildman–Crippen LogP) is 1.81. The number of hydrogen-bond donors (Lipinski definition) is 3. The van der Waals surface area contributed by atoms with E-state index in [2.05, 4.69) is 68.0 Å². The quantitative estimate of drug-likeness (QED) is 0.413. The molecule has 2 aliphatic heterocycles. The van der Waals surface area contributed by atoms with E-state index in [9.17, 15) is 4.79 Å². The van der Waals surface area contributed by atoms with Crippen LogP contribution in [0.2, 0.25) is 0 Å². The normalized spacial score (nSPS) is 21.2. The van der Waals surface area contributed by atoms with Crippen LogP contribution in [0.15, 0.2) is 35.3 Å². The number of piperidine rings is 1. The van der Waals surface area contributed by atoms with Crippen molar-refractivity contribution in [1.82, 2.24) is 25.8 Å². The van der Waals surface area contributed by atoms with Crippen molar-refractivity contribution >= 4 is 11.9 Å². The van der Waals surface area contributed by atoms with E-state index in [1.54, 1.807) is 0 Å². The molecule has 3 rings (SSSR count). The average Bonchev–Trinajstić information content (AvgIpc) is 3.24. The Bertz CT molecular complexity index is 687. The van der Waals surface area contributed by atoms with Crippen molar-refractivity contribution < 1.29 is 4.79 Å². The van der Waals surface area contributed by atoms with Crippen LogP contribution >= 0.6 is 0 Å². The number of carbonyl (C=O) groups is 1. The minimum Gasteiger partial charge on any atom is -0.355 e. The molecule has 2 saturated heterocycles. The fourth-order valence-corrected chi connectivity index (χ4v) is 4.51. The zero-order valence-electron chi connectivity index (χ0n) is 19.3. The highest BCUT2D eigenvalue weighted by Crippen LogP contribution is 2.19. The van der Waals surface area contributed by atoms with E-state index >= 15 is 0 Å². The number of hydrogen-bond acceptors (Lipinski definition) is 4. The molecule has 7 heteroatoms. The van der Waals surface area contributed by atoms with E-state index in [1.807, 2.05) is 7.05 Å². The Hall–Kier alpha value is -2.12. The third-order valence-corrected chi connectivity index (χ3v) is 6.32. The van der Waals surface area contributed by atoms with Crippen molar-refractivity contribution in [3.63, 3.8) is 0 Å². The summed E-state index contributed by atoms with van der Waals surface area (Å²) in [6, 6.07) is 11.7. The molecule has 2 heterocycles. The Labute approximate surface area is 187 Å². The molecule has 0 radical (unpaired) electrons. The monoisotopic (exact) mass is 428 g/mol. The van der Waals surface area contributed by atoms with Crippen LogP contribution in [0, 0.1) is 0 Å². The van der Waals surface area contributed by atoms with Gasteiger partial charge in [-0.3, -0.25) is 19.6 Å². The van der Waals surface area contributed by atoms with Crippen molar-refractivity contribution in [2.24, 2.45) is 4.99 Å². The zero-order valence-corrected chi connectivity index (χ0v) is 19.3. The lowest BCUT2D eigenvalue weighted by Gasteiger charge is -2.33. The van der Waals surface area contributed by atoms with Crippen LogP contribution < -0.4 is 16.0 Å². The third-order valence-electron chi connectivity index (χ3n) is 6.32. The summed E-state index contributed by atoms with van der Waals surface area (Å²) in [4.78, 5) is 21.2. The Balaban J connectivity index is 1.37. The zero-order chi connectivity index (χ0) is 21.9. The van der Waals surface area contributed by atoms with Crippen molar-refractivity contribution in [3.8, 4) is 0 Å². The minimum atomic E-state index is 0.141. The number of rotatable bonds is 9. The summed E-state index contributed by atoms with van der Waals surface area (Å²) in [6.45, 7) is 8.35. The van der Waals surface area contributed by atoms with E-state index in [4.69, 9.17) is 0 Å². The lowest BCUT2D eigenvalue weighted by molar-refractivity contribution is -0.122. The van der Waals surface area contributed by atoms with Crippen molar-refractivity contribution in [2.75, 3.05) is 46.3 Å². The summed E-state index contributed by atoms with van der Waals surface area (Å²) in [5.41, 5.74) is 1.38. The molecule has 7 nitrogen and oxygen atoms in total. The van der Waals surface area contributed by atoms with Crippen molar-refractivity contribution in [1.29, 1.82) is 0 Å². The first-order valence-electron chi connectivity index (χ1n) is 11.9. The van der Waals surface area contributed by atoms with Gasteiger partial charge in [0.15, 0.2) is 5.96 Å². The van der Waals surface area contributed by atoms with Crippen LogP contribution in [0.25, 0.3) is 0 Å². The van der Waals surface area contributed by atoms with Crippen LogP contribution in [-0.4, -0.2) is 80.1 Å². The molecule has 1 aromatic carbocycles. The Kier molecular flexibility index (Phi) is 9.62. The molecule has 2 fully saturated rings. The predicted molar refractivity (Wildman–Crippen MR) is 127 cm³/mol. The summed E-state index contributed by atoms with van der Waals surface area (Å²) >= 11 is 0. The van der Waals surface area contributed by atoms with Crippen LogP contribution in [0.1, 0.15) is 44.6 Å². The van der Waals surface area contributed by atoms with E-state index in [1.165, 1.54) is 18.4 Å². The molecule has 1 atom stereocenters. The van der Waals surface area contributed by atoms with Gasteiger partial charge in [-0.2, -0.15) is 0 Å². The van der Waals surface area contributed by atoms with Crippen LogP contribution in [0.5, 0.6) is 0 Å². The summed E-state index contributed by atoms with van der Waals surface area (Å²) in [5, 5.41) is 10.1. The highest BCUT2D eigenvalue weighted by atomic mass is 16.2. The van der Waals surface area contributed by atoms with Gasteiger partial charge in [0.05, 0.1) is 6.54 Å². The highest BCUT2D eigenvalue weighted by molar-refractivity contribution is 5.80. The number of nitrogens with zero attached hydrogens (tertiary/aromatic N) is 3. The SMILES string of the molecule is CCCNC(=O)CN1CCC(NC(=NC)NCC2CCCN2Cc2ccccc2)CC1. The van der Waals surface area contributed by atoms with E-state index in [-0.39, 0.29) is 5.91 Å². The molecule has 1 amide bonds. The van der Waals surface area contributed by atoms with Gasteiger partial charge < -0.3 is 16.0 Å². The van der Waals surface area contributed by atoms with Gasteiger partial charge in [0.2, 0.25) is 5.91 Å². The first-order chi connectivity index (χ1) is 15.2. The van der Waals surface area contributed by atoms with E-state index in [0.717, 1.165) is 64.5 Å². The molecule has 0 saturated carbocycles. The van der Waals surface area contributed by atoms with Gasteiger partial charge >= 0.3 is 0 Å². The number of carbonyl (C=O) groups excluding carboxylic acids is 1. The average molecular weight is 429 g/mol. The molecule has 1 unspecified atom stereocenters. The fraction of sp³-hybridized carbons (Fsp3) is 0.667. The van der Waals surface area contributed by atoms with Crippen molar-refractivity contribution in [2.45, 2.75) is 57.7 Å². The second-order valence-corrected chi connectivity index (χ2v) is 8.75. The summed E-state index contributed by atoms with van der Waals surface area (Å²) in [7, 11) is 1.85. The summed E-state index contributed by atoms with van der Waals surface area (Å²) in [5.74, 6) is 1.04. The largest absolute Gasteiger partial charge is 0.355 e. The van der Waals surface area contributed by atoms with Crippen molar-refractivity contribution in [3.05, 3.63) is 35.9 Å². The van der Waals surface area contributed by atoms with Crippen LogP contribution in [0.4, 0.5) is 0 Å². The number of likely N-dealkylation sites (tertiary alicyclic amines) is 2. The smallest absolute Gasteiger partial charge is 0.234 e. The molecule has 3 N–H and O–H groups in total. The van der Waals surface area contributed by atoms with Gasteiger partial charge in [-0.25, -0.2) is 0 Å². The van der Waals surface area contributed by atoms with E-state index in [0.29, 0.717) is 18.6 Å². The molecule has 0 spiro atoms. The van der Waals surface area contributed by atoms with Gasteiger partial charge in [-0.15, -0.1) is 0 Å². The topological polar surface area (TPSA) is 72.0 Å². The Morgan fingerprint density at radius 1 is 1.10 bits per heavy atom. The number of aliphatic imine (C=N–C) groups is 1. The van der Waals surface area contributed by atoms with Gasteiger partial charge in [0.1, 0.15) is 0 Å². The number of benzene rings is 1. The van der Waals surface area contributed by atoms with Crippen LogP contribution in [0.3, 0.4) is 0 Å². The number of guanidine groups is 1. The Morgan fingerprint density at radius 2 is 1.87 bits per heavy atom. The molecule has 31 heavy (non-hydrogen) atoms. The molecule has 0 aromatic heterocycles. The first-order valence-corrected chi connectivity index (χ1v) is 11.9. The second kappa shape index (κ2) is 12.7. The second-order valence-electron chi connectivity index (χ2n) is 8.75. The number of nitrogens with one attached hydrogen (secondary N) is 3. The molecule has 1 aromatic rings. The maximum Gasteiger partial charge on any atom is 0.234 e. The van der Waals surface area contributed by atoms with Gasteiger partial charge in [0.25, 0.3) is 0 Å². The number of amides is 1. The maximum atomic E-state index is 11.9. The molecule has 2 aliphatic rings. The van der Waals surface area contributed by atoms with Gasteiger partial charge in [0, 0.05) is 51.9 Å². The highest BCUT2D eigenvalue weighted by Gasteiger charge is 2.25. The standard InChI is InChI=1S/C24H40N6O/c1-3-13-26-23(31)19-29-15-11-21(12-16-29)28-24(25-2)27-17-22-10-7-14-30(22)18-20-8-5-4-6-9-20/h4-6,8-9,21-22H,3,7,10-19H2,1-2H3,(H,26,31)(H2,25,27,28). The van der Waals surface area contributed by atoms with Gasteiger partial charge in [-0.1, -0.05) is 37.3 Å². The van der Waals surface area contributed by atoms with Gasteiger partial charge in [-0.05, 0) is 44.2 Å². The first kappa shape index (κ1) is 23.5. The molecule has 172 valence electrons. The van der Waals surface area contributed by atoms with Crippen LogP contribution in [-0.2, 0) is 11.3 Å². The lowest BCUT2D eigenvalue weighted by atomic mass is 10.1. The van der Waals surface area contributed by atoms with E-state index < -0.39 is 0 Å². The Morgan fingerprint density at radius 3 is 2.58 bits per heavy atom. The molecule has 0 aliphatic carbocycles. The maximum absolute atomic E-state index is 11.9. The molecular formula is C24H40N6O. The fourth-order valence-electron chi connectivity index (χ4n) is 4.51. The minimum absolute atomic E-state index is 0.141. The lowest BCUT2D eigenvalue weighted by Crippen LogP contribution is -2.51. The third kappa shape index (κ3) is 7.82. The molecule has 0 bridgehead atoms. The summed E-state index contributed by atoms with van der Waals surface area (Å²) in [6.07, 6.45) is 5.54.